The summed E-state index contributed by atoms with van der Waals surface area (Å²) in [4.78, 5) is 36.9. The van der Waals surface area contributed by atoms with E-state index in [-0.39, 0.29) is 17.6 Å². The highest BCUT2D eigenvalue weighted by molar-refractivity contribution is 6.07. The molecule has 23 heavy (non-hydrogen) atoms. The second-order valence-electron chi connectivity index (χ2n) is 5.53. The van der Waals surface area contributed by atoms with Crippen LogP contribution in [0.2, 0.25) is 0 Å². The number of likely N-dealkylation sites (N-methyl/N-ethyl adjacent to an activating group) is 1. The number of unbranched alkanes of at least 4 members (excludes halogenated alkanes) is 1. The molecule has 0 spiro atoms. The summed E-state index contributed by atoms with van der Waals surface area (Å²) >= 11 is 0. The summed E-state index contributed by atoms with van der Waals surface area (Å²) < 4.78 is 0. The van der Waals surface area contributed by atoms with Crippen LogP contribution in [0.1, 0.15) is 44.0 Å². The van der Waals surface area contributed by atoms with Crippen molar-refractivity contribution in [3.8, 4) is 0 Å². The first kappa shape index (κ1) is 18.6. The largest absolute Gasteiger partial charge is 0.342 e. The van der Waals surface area contributed by atoms with E-state index in [4.69, 9.17) is 0 Å². The van der Waals surface area contributed by atoms with Crippen LogP contribution in [0.5, 0.6) is 0 Å². The van der Waals surface area contributed by atoms with Gasteiger partial charge in [-0.05, 0) is 44.5 Å². The monoisotopic (exact) mass is 316 g/mol. The minimum Gasteiger partial charge on any atom is -0.342 e. The molecule has 0 saturated carbocycles. The molecule has 0 saturated heterocycles. The smallest absolute Gasteiger partial charge is 0.251 e. The summed E-state index contributed by atoms with van der Waals surface area (Å²) in [5, 5.41) is 2.71. The molecule has 1 aromatic carbocycles. The van der Waals surface area contributed by atoms with Gasteiger partial charge in [-0.3, -0.25) is 14.4 Å². The molecule has 1 rings (SSSR count). The Morgan fingerprint density at radius 3 is 2.26 bits per heavy atom. The molecule has 0 aliphatic carbocycles. The molecule has 1 N–H and O–H groups in total. The Hall–Kier alpha value is -2.43. The molecule has 0 aromatic heterocycles. The molecule has 0 bridgehead atoms. The van der Waals surface area contributed by atoms with Crippen LogP contribution in [0.25, 0.3) is 0 Å². The number of benzene rings is 1. The third kappa shape index (κ3) is 6.06. The lowest BCUT2D eigenvalue weighted by molar-refractivity contribution is -0.125. The predicted octanol–water partition coefficient (Wildman–Crippen LogP) is 3.03. The van der Waals surface area contributed by atoms with Crippen molar-refractivity contribution in [1.82, 2.24) is 4.90 Å². The van der Waals surface area contributed by atoms with Crippen LogP contribution in [-0.4, -0.2) is 36.1 Å². The quantitative estimate of drug-likeness (QED) is 0.621. The van der Waals surface area contributed by atoms with Crippen LogP contribution >= 0.6 is 0 Å². The topological polar surface area (TPSA) is 66.5 Å². The number of hydrogen-bond donors (Lipinski definition) is 1. The van der Waals surface area contributed by atoms with Gasteiger partial charge in [0.15, 0.2) is 5.78 Å². The van der Waals surface area contributed by atoms with Gasteiger partial charge >= 0.3 is 0 Å². The Kier molecular flexibility index (Phi) is 7.19. The number of carbonyl (C=O) groups is 3. The first-order chi connectivity index (χ1) is 10.8. The number of carbonyl (C=O) groups excluding carboxylic acids is 3. The Morgan fingerprint density at radius 2 is 1.74 bits per heavy atom. The number of hydrogen-bond acceptors (Lipinski definition) is 3. The molecule has 0 radical (unpaired) electrons. The first-order valence-corrected chi connectivity index (χ1v) is 7.71. The van der Waals surface area contributed by atoms with E-state index in [9.17, 15) is 14.4 Å². The number of nitrogens with zero attached hydrogens (tertiary/aromatic N) is 1. The van der Waals surface area contributed by atoms with Crippen molar-refractivity contribution in [2.75, 3.05) is 18.9 Å². The van der Waals surface area contributed by atoms with E-state index in [1.807, 2.05) is 0 Å². The Labute approximate surface area is 137 Å². The third-order valence-corrected chi connectivity index (χ3v) is 3.47. The molecule has 2 amide bonds. The number of Topliss-reactive ketones (excluding diaryl/α,β-unsaturated/α-hetero) is 1. The number of ketones is 1. The fourth-order valence-corrected chi connectivity index (χ4v) is 1.88. The van der Waals surface area contributed by atoms with Crippen molar-refractivity contribution in [1.29, 1.82) is 0 Å². The predicted molar refractivity (Wildman–Crippen MR) is 91.4 cm³/mol. The average Bonchev–Trinajstić information content (AvgIpc) is 2.52. The molecular weight excluding hydrogens is 292 g/mol. The molecule has 5 nitrogen and oxygen atoms in total. The lowest BCUT2D eigenvalue weighted by Crippen LogP contribution is -2.27. The summed E-state index contributed by atoms with van der Waals surface area (Å²) in [5.41, 5.74) is 1.51. The first-order valence-electron chi connectivity index (χ1n) is 7.71. The molecule has 124 valence electrons. The highest BCUT2D eigenvalue weighted by atomic mass is 16.2. The maximum atomic E-state index is 12.1. The minimum atomic E-state index is -0.335. The normalized spacial score (nSPS) is 11.0. The van der Waals surface area contributed by atoms with Gasteiger partial charge in [0.05, 0.1) is 0 Å². The van der Waals surface area contributed by atoms with Gasteiger partial charge in [0.25, 0.3) is 5.91 Å². The molecule has 5 heteroatoms. The number of nitrogens with one attached hydrogen (secondary N) is 1. The molecule has 0 fully saturated rings. The van der Waals surface area contributed by atoms with E-state index < -0.39 is 0 Å². The van der Waals surface area contributed by atoms with Crippen LogP contribution < -0.4 is 5.32 Å². The molecule has 1 aromatic rings. The van der Waals surface area contributed by atoms with Crippen LogP contribution in [0.15, 0.2) is 35.9 Å². The zero-order chi connectivity index (χ0) is 17.4. The third-order valence-electron chi connectivity index (χ3n) is 3.47. The summed E-state index contributed by atoms with van der Waals surface area (Å²) in [6.07, 6.45) is 3.29. The second kappa shape index (κ2) is 8.88. The number of amides is 2. The molecule has 0 aliphatic rings. The molecule has 0 atom stereocenters. The van der Waals surface area contributed by atoms with Gasteiger partial charge in [0.1, 0.15) is 0 Å². The zero-order valence-electron chi connectivity index (χ0n) is 14.2. The standard InChI is InChI=1S/C18H24N2O3/c1-5-6-11-20(4)17(22)12-13(2)18(23)19-16-9-7-15(8-10-16)14(3)21/h7-10,12H,5-6,11H2,1-4H3,(H,19,23)/b13-12-. The minimum absolute atomic E-state index is 0.0281. The van der Waals surface area contributed by atoms with Gasteiger partial charge in [0.2, 0.25) is 5.91 Å². The highest BCUT2D eigenvalue weighted by Gasteiger charge is 2.10. The van der Waals surface area contributed by atoms with Crippen molar-refractivity contribution in [3.05, 3.63) is 41.5 Å². The van der Waals surface area contributed by atoms with E-state index in [0.29, 0.717) is 23.4 Å². The maximum Gasteiger partial charge on any atom is 0.251 e. The zero-order valence-corrected chi connectivity index (χ0v) is 14.2. The summed E-state index contributed by atoms with van der Waals surface area (Å²) in [6, 6.07) is 6.63. The fraction of sp³-hybridized carbons (Fsp3) is 0.389. The second-order valence-corrected chi connectivity index (χ2v) is 5.53. The van der Waals surface area contributed by atoms with Gasteiger partial charge in [0, 0.05) is 36.5 Å². The summed E-state index contributed by atoms with van der Waals surface area (Å²) in [6.45, 7) is 5.82. The van der Waals surface area contributed by atoms with Crippen molar-refractivity contribution in [2.24, 2.45) is 0 Å². The maximum absolute atomic E-state index is 12.1. The Bertz CT molecular complexity index is 603. The Morgan fingerprint density at radius 1 is 1.13 bits per heavy atom. The van der Waals surface area contributed by atoms with Gasteiger partial charge in [-0.15, -0.1) is 0 Å². The van der Waals surface area contributed by atoms with Gasteiger partial charge < -0.3 is 10.2 Å². The van der Waals surface area contributed by atoms with Crippen molar-refractivity contribution >= 4 is 23.3 Å². The average molecular weight is 316 g/mol. The van der Waals surface area contributed by atoms with Crippen molar-refractivity contribution in [3.63, 3.8) is 0 Å². The molecule has 0 heterocycles. The van der Waals surface area contributed by atoms with Crippen LogP contribution in [0.3, 0.4) is 0 Å². The molecule has 0 aliphatic heterocycles. The number of anilines is 1. The van der Waals surface area contributed by atoms with Crippen LogP contribution in [0.4, 0.5) is 5.69 Å². The van der Waals surface area contributed by atoms with Gasteiger partial charge in [-0.2, -0.15) is 0 Å². The van der Waals surface area contributed by atoms with E-state index in [0.717, 1.165) is 12.8 Å². The van der Waals surface area contributed by atoms with Crippen molar-refractivity contribution < 1.29 is 14.4 Å². The van der Waals surface area contributed by atoms with Crippen LogP contribution in [0, 0.1) is 0 Å². The molecular formula is C18H24N2O3. The summed E-state index contributed by atoms with van der Waals surface area (Å²) in [5.74, 6) is -0.546. The lowest BCUT2D eigenvalue weighted by Gasteiger charge is -2.14. The van der Waals surface area contributed by atoms with E-state index in [1.165, 1.54) is 13.0 Å². The molecule has 0 unspecified atom stereocenters. The van der Waals surface area contributed by atoms with E-state index >= 15 is 0 Å². The van der Waals surface area contributed by atoms with Gasteiger partial charge in [-0.1, -0.05) is 13.3 Å². The van der Waals surface area contributed by atoms with Crippen molar-refractivity contribution in [2.45, 2.75) is 33.6 Å². The summed E-state index contributed by atoms with van der Waals surface area (Å²) in [7, 11) is 1.72. The fourth-order valence-electron chi connectivity index (χ4n) is 1.88. The van der Waals surface area contributed by atoms with E-state index in [1.54, 1.807) is 43.1 Å². The lowest BCUT2D eigenvalue weighted by atomic mass is 10.1. The Balaban J connectivity index is 2.67. The van der Waals surface area contributed by atoms with Gasteiger partial charge in [-0.25, -0.2) is 0 Å². The highest BCUT2D eigenvalue weighted by Crippen LogP contribution is 2.11. The SMILES string of the molecule is CCCCN(C)C(=O)/C=C(/C)C(=O)Nc1ccc(C(C)=O)cc1. The van der Waals surface area contributed by atoms with E-state index in [2.05, 4.69) is 12.2 Å². The number of rotatable bonds is 7. The van der Waals surface area contributed by atoms with Crippen LogP contribution in [-0.2, 0) is 9.59 Å².